The van der Waals surface area contributed by atoms with Gasteiger partial charge in [-0.2, -0.15) is 10.6 Å². The molecule has 1 aromatic carbocycles. The van der Waals surface area contributed by atoms with E-state index in [1.165, 1.54) is 11.3 Å². The van der Waals surface area contributed by atoms with Gasteiger partial charge in [0.15, 0.2) is 0 Å². The smallest absolute Gasteiger partial charge is 0.0550 e. The topological polar surface area (TPSA) is 43.7 Å². The van der Waals surface area contributed by atoms with E-state index in [1.807, 2.05) is 12.1 Å². The second-order valence-corrected chi connectivity index (χ2v) is 6.40. The predicted molar refractivity (Wildman–Crippen MR) is 66.0 cm³/mol. The highest BCUT2D eigenvalue weighted by atomic mass is 32.3. The number of benzene rings is 1. The van der Waals surface area contributed by atoms with Crippen molar-refractivity contribution in [1.82, 2.24) is 0 Å². The van der Waals surface area contributed by atoms with Crippen molar-refractivity contribution in [2.24, 2.45) is 0 Å². The quantitative estimate of drug-likeness (QED) is 0.775. The van der Waals surface area contributed by atoms with E-state index in [9.17, 15) is 9.11 Å². The van der Waals surface area contributed by atoms with Crippen LogP contribution in [0.4, 0.5) is 5.69 Å². The van der Waals surface area contributed by atoms with Crippen molar-refractivity contribution in [3.05, 3.63) is 29.8 Å². The van der Waals surface area contributed by atoms with E-state index in [1.54, 1.807) is 0 Å². The van der Waals surface area contributed by atoms with Crippen LogP contribution in [-0.2, 0) is 0 Å². The van der Waals surface area contributed by atoms with Gasteiger partial charge >= 0.3 is 0 Å². The third kappa shape index (κ3) is 2.45. The first-order chi connectivity index (χ1) is 7.08. The first-order valence-corrected chi connectivity index (χ1v) is 7.01. The monoisotopic (exact) mass is 227 g/mol. The molecule has 4 heteroatoms. The van der Waals surface area contributed by atoms with E-state index < -0.39 is 10.6 Å². The highest BCUT2D eigenvalue weighted by Gasteiger charge is 2.22. The van der Waals surface area contributed by atoms with Gasteiger partial charge < -0.3 is 4.90 Å². The molecule has 0 spiro atoms. The lowest BCUT2D eigenvalue weighted by atomic mass is 10.2. The van der Waals surface area contributed by atoms with Gasteiger partial charge in [-0.1, -0.05) is 18.2 Å². The van der Waals surface area contributed by atoms with Crippen molar-refractivity contribution in [3.8, 4) is 0 Å². The van der Waals surface area contributed by atoms with Crippen molar-refractivity contribution in [2.75, 3.05) is 29.5 Å². The normalized spacial score (nSPS) is 22.5. The van der Waals surface area contributed by atoms with Crippen molar-refractivity contribution in [1.29, 1.82) is 0 Å². The highest BCUT2D eigenvalue weighted by molar-refractivity contribution is 8.24. The summed E-state index contributed by atoms with van der Waals surface area (Å²) in [5.74, 6) is 1.00. The van der Waals surface area contributed by atoms with E-state index in [0.29, 0.717) is 11.5 Å². The van der Waals surface area contributed by atoms with Crippen molar-refractivity contribution in [3.63, 3.8) is 0 Å². The Morgan fingerprint density at radius 2 is 1.73 bits per heavy atom. The molecule has 1 saturated heterocycles. The standard InChI is InChI=1S/C11H17NO2S/c1-10-4-2-3-5-11(10)12-6-8-15(13,14)9-7-12/h2-5,13-14H,6-9H2,1H3. The van der Waals surface area contributed by atoms with Gasteiger partial charge in [0.05, 0.1) is 11.5 Å². The van der Waals surface area contributed by atoms with Gasteiger partial charge in [-0.05, 0) is 18.6 Å². The fourth-order valence-corrected chi connectivity index (χ4v) is 3.12. The lowest BCUT2D eigenvalue weighted by molar-refractivity contribution is 0.479. The molecule has 0 bridgehead atoms. The Labute approximate surface area is 92.1 Å². The summed E-state index contributed by atoms with van der Waals surface area (Å²) in [6.45, 7) is 3.57. The fraction of sp³-hybridized carbons (Fsp3) is 0.455. The maximum absolute atomic E-state index is 9.52. The van der Waals surface area contributed by atoms with Crippen LogP contribution < -0.4 is 4.90 Å². The maximum Gasteiger partial charge on any atom is 0.0550 e. The molecule has 1 aliphatic rings. The fourth-order valence-electron chi connectivity index (χ4n) is 1.89. The molecule has 1 aliphatic heterocycles. The number of hydrogen-bond donors (Lipinski definition) is 2. The molecule has 2 rings (SSSR count). The summed E-state index contributed by atoms with van der Waals surface area (Å²) in [5.41, 5.74) is 2.46. The van der Waals surface area contributed by atoms with Gasteiger partial charge in [-0.15, -0.1) is 0 Å². The summed E-state index contributed by atoms with van der Waals surface area (Å²) in [5, 5.41) is 0. The average Bonchev–Trinajstić information content (AvgIpc) is 2.19. The van der Waals surface area contributed by atoms with Gasteiger partial charge in [0.25, 0.3) is 0 Å². The zero-order valence-corrected chi connectivity index (χ0v) is 9.70. The van der Waals surface area contributed by atoms with Gasteiger partial charge in [0, 0.05) is 18.8 Å². The number of nitrogens with zero attached hydrogens (tertiary/aromatic N) is 1. The molecule has 0 atom stereocenters. The van der Waals surface area contributed by atoms with E-state index >= 15 is 0 Å². The summed E-state index contributed by atoms with van der Waals surface area (Å²) >= 11 is 0. The number of aryl methyl sites for hydroxylation is 1. The summed E-state index contributed by atoms with van der Waals surface area (Å²) in [7, 11) is -2.28. The minimum absolute atomic E-state index is 0.501. The van der Waals surface area contributed by atoms with Gasteiger partial charge in [0.1, 0.15) is 0 Å². The largest absolute Gasteiger partial charge is 0.368 e. The molecule has 0 aliphatic carbocycles. The predicted octanol–water partition coefficient (Wildman–Crippen LogP) is 2.57. The van der Waals surface area contributed by atoms with E-state index in [0.717, 1.165) is 13.1 Å². The number of anilines is 1. The number of hydrogen-bond acceptors (Lipinski definition) is 3. The van der Waals surface area contributed by atoms with Crippen LogP contribution in [-0.4, -0.2) is 33.7 Å². The molecule has 15 heavy (non-hydrogen) atoms. The second-order valence-electron chi connectivity index (χ2n) is 3.98. The minimum atomic E-state index is -2.28. The van der Waals surface area contributed by atoms with Crippen LogP contribution in [0, 0.1) is 6.92 Å². The van der Waals surface area contributed by atoms with E-state index in [4.69, 9.17) is 0 Å². The number of rotatable bonds is 1. The second kappa shape index (κ2) is 4.04. The molecule has 0 unspecified atom stereocenters. The molecule has 84 valence electrons. The molecule has 0 amide bonds. The van der Waals surface area contributed by atoms with Crippen molar-refractivity contribution < 1.29 is 9.11 Å². The molecule has 0 radical (unpaired) electrons. The molecule has 1 aromatic rings. The van der Waals surface area contributed by atoms with Crippen LogP contribution in [0.3, 0.4) is 0 Å². The summed E-state index contributed by atoms with van der Waals surface area (Å²) < 4.78 is 19.0. The van der Waals surface area contributed by atoms with Crippen LogP contribution in [0.15, 0.2) is 24.3 Å². The average molecular weight is 227 g/mol. The van der Waals surface area contributed by atoms with Gasteiger partial charge in [-0.25, -0.2) is 0 Å². The summed E-state index contributed by atoms with van der Waals surface area (Å²) in [6.07, 6.45) is 0. The Morgan fingerprint density at radius 1 is 1.13 bits per heavy atom. The molecular weight excluding hydrogens is 210 g/mol. The summed E-state index contributed by atoms with van der Waals surface area (Å²) in [6, 6.07) is 8.22. The molecular formula is C11H17NO2S. The Hall–Kier alpha value is -0.710. The van der Waals surface area contributed by atoms with Crippen molar-refractivity contribution in [2.45, 2.75) is 6.92 Å². The van der Waals surface area contributed by atoms with Crippen LogP contribution in [0.1, 0.15) is 5.56 Å². The van der Waals surface area contributed by atoms with Gasteiger partial charge in [0.2, 0.25) is 0 Å². The Morgan fingerprint density at radius 3 is 2.33 bits per heavy atom. The lowest BCUT2D eigenvalue weighted by Gasteiger charge is -2.42. The highest BCUT2D eigenvalue weighted by Crippen LogP contribution is 2.41. The molecule has 0 saturated carbocycles. The van der Waals surface area contributed by atoms with E-state index in [2.05, 4.69) is 24.0 Å². The maximum atomic E-state index is 9.52. The number of para-hydroxylation sites is 1. The third-order valence-corrected chi connectivity index (χ3v) is 4.51. The third-order valence-electron chi connectivity index (χ3n) is 2.83. The van der Waals surface area contributed by atoms with Crippen LogP contribution >= 0.6 is 10.6 Å². The first-order valence-electron chi connectivity index (χ1n) is 5.13. The van der Waals surface area contributed by atoms with E-state index in [-0.39, 0.29) is 0 Å². The van der Waals surface area contributed by atoms with Gasteiger partial charge in [-0.3, -0.25) is 9.11 Å². The SMILES string of the molecule is Cc1ccccc1N1CCS(O)(O)CC1. The van der Waals surface area contributed by atoms with Crippen LogP contribution in [0.2, 0.25) is 0 Å². The molecule has 3 nitrogen and oxygen atoms in total. The van der Waals surface area contributed by atoms with Crippen molar-refractivity contribution >= 4 is 16.3 Å². The lowest BCUT2D eigenvalue weighted by Crippen LogP contribution is -2.38. The minimum Gasteiger partial charge on any atom is -0.368 e. The zero-order valence-electron chi connectivity index (χ0n) is 8.89. The molecule has 1 heterocycles. The summed E-state index contributed by atoms with van der Waals surface area (Å²) in [4.78, 5) is 2.23. The Balaban J connectivity index is 2.11. The zero-order chi connectivity index (χ0) is 10.9. The first kappa shape index (κ1) is 10.8. The Kier molecular flexibility index (Phi) is 2.91. The molecule has 1 fully saturated rings. The van der Waals surface area contributed by atoms with Crippen LogP contribution in [0.5, 0.6) is 0 Å². The Bertz CT molecular complexity index is 344. The molecule has 2 N–H and O–H groups in total. The van der Waals surface area contributed by atoms with Crippen LogP contribution in [0.25, 0.3) is 0 Å². The molecule has 0 aromatic heterocycles.